The van der Waals surface area contributed by atoms with Gasteiger partial charge in [-0.05, 0) is 34.9 Å². The largest absolute Gasteiger partial charge is 0.445 e. The van der Waals surface area contributed by atoms with Crippen LogP contribution in [0.4, 0.5) is 18.3 Å². The Labute approximate surface area is 184 Å². The lowest BCUT2D eigenvalue weighted by Crippen LogP contribution is -2.11. The molecule has 1 heterocycles. The lowest BCUT2D eigenvalue weighted by Gasteiger charge is -2.09. The summed E-state index contributed by atoms with van der Waals surface area (Å²) >= 11 is 6.59. The fourth-order valence-electron chi connectivity index (χ4n) is 2.92. The Morgan fingerprint density at radius 3 is 2.16 bits per heavy atom. The summed E-state index contributed by atoms with van der Waals surface area (Å²) in [6, 6.07) is 22.2. The van der Waals surface area contributed by atoms with E-state index >= 15 is 0 Å². The normalized spacial score (nSPS) is 11.4. The van der Waals surface area contributed by atoms with E-state index in [0.29, 0.717) is 10.6 Å². The lowest BCUT2D eigenvalue weighted by molar-refractivity contribution is -0.138. The van der Waals surface area contributed by atoms with Crippen LogP contribution in [-0.2, 0) is 6.18 Å². The zero-order valence-electron chi connectivity index (χ0n) is 15.7. The van der Waals surface area contributed by atoms with Crippen molar-refractivity contribution in [2.45, 2.75) is 6.18 Å². The van der Waals surface area contributed by atoms with Gasteiger partial charge in [-0.2, -0.15) is 13.2 Å². The Morgan fingerprint density at radius 2 is 1.52 bits per heavy atom. The fourth-order valence-corrected chi connectivity index (χ4v) is 3.75. The van der Waals surface area contributed by atoms with Gasteiger partial charge in [0.15, 0.2) is 0 Å². The van der Waals surface area contributed by atoms with Gasteiger partial charge < -0.3 is 0 Å². The summed E-state index contributed by atoms with van der Waals surface area (Å²) in [5, 5.41) is 7.85. The highest BCUT2D eigenvalue weighted by atomic mass is 35.5. The Balaban J connectivity index is 1.57. The van der Waals surface area contributed by atoms with E-state index in [9.17, 15) is 18.0 Å². The smallest absolute Gasteiger partial charge is 0.296 e. The molecule has 0 saturated carbocycles. The maximum Gasteiger partial charge on any atom is 0.445 e. The highest BCUT2D eigenvalue weighted by Gasteiger charge is 2.35. The molecule has 1 N–H and O–H groups in total. The van der Waals surface area contributed by atoms with Crippen LogP contribution in [0, 0.1) is 0 Å². The molecule has 3 aromatic carbocycles. The van der Waals surface area contributed by atoms with Crippen molar-refractivity contribution in [3.8, 4) is 22.3 Å². The van der Waals surface area contributed by atoms with Crippen LogP contribution >= 0.6 is 22.9 Å². The third kappa shape index (κ3) is 4.76. The Bertz CT molecular complexity index is 1220. The number of anilines is 1. The number of alkyl halides is 3. The highest BCUT2D eigenvalue weighted by Crippen LogP contribution is 2.34. The molecule has 4 rings (SSSR count). The molecular formula is C22H13ClF3N3OS. The second-order valence-corrected chi connectivity index (χ2v) is 7.89. The van der Waals surface area contributed by atoms with Crippen LogP contribution in [0.5, 0.6) is 0 Å². The first-order chi connectivity index (χ1) is 14.8. The van der Waals surface area contributed by atoms with Gasteiger partial charge in [-0.1, -0.05) is 77.5 Å². The molecule has 156 valence electrons. The summed E-state index contributed by atoms with van der Waals surface area (Å²) in [7, 11) is 0. The molecule has 0 bridgehead atoms. The second-order valence-electron chi connectivity index (χ2n) is 6.50. The molecule has 0 aliphatic heterocycles. The summed E-state index contributed by atoms with van der Waals surface area (Å²) in [4.78, 5) is 12.5. The van der Waals surface area contributed by atoms with Crippen molar-refractivity contribution in [1.82, 2.24) is 10.2 Å². The Hall–Kier alpha value is -3.23. The van der Waals surface area contributed by atoms with Gasteiger partial charge >= 0.3 is 6.18 Å². The maximum absolute atomic E-state index is 12.7. The molecule has 0 spiro atoms. The van der Waals surface area contributed by atoms with Crippen LogP contribution in [0.3, 0.4) is 0 Å². The minimum Gasteiger partial charge on any atom is -0.296 e. The molecule has 0 saturated heterocycles. The van der Waals surface area contributed by atoms with Crippen LogP contribution in [0.2, 0.25) is 5.02 Å². The number of hydrogen-bond acceptors (Lipinski definition) is 4. The van der Waals surface area contributed by atoms with Gasteiger partial charge in [-0.25, -0.2) is 0 Å². The SMILES string of the molecule is O=C(Nc1nnc(C(F)(F)F)s1)c1ccc(Cl)c(-c2ccc(-c3ccccc3)cc2)c1. The summed E-state index contributed by atoms with van der Waals surface area (Å²) in [5.41, 5.74) is 3.77. The first-order valence-corrected chi connectivity index (χ1v) is 10.2. The van der Waals surface area contributed by atoms with Crippen LogP contribution in [-0.4, -0.2) is 16.1 Å². The number of aromatic nitrogens is 2. The van der Waals surface area contributed by atoms with Gasteiger partial charge in [-0.3, -0.25) is 10.1 Å². The van der Waals surface area contributed by atoms with E-state index in [-0.39, 0.29) is 22.0 Å². The van der Waals surface area contributed by atoms with E-state index in [1.165, 1.54) is 6.07 Å². The third-order valence-corrected chi connectivity index (χ3v) is 5.63. The van der Waals surface area contributed by atoms with Crippen molar-refractivity contribution in [1.29, 1.82) is 0 Å². The average molecular weight is 460 g/mol. The van der Waals surface area contributed by atoms with E-state index in [1.54, 1.807) is 12.1 Å². The van der Waals surface area contributed by atoms with Gasteiger partial charge in [0.25, 0.3) is 5.91 Å². The number of benzene rings is 3. The topological polar surface area (TPSA) is 54.9 Å². The fraction of sp³-hybridized carbons (Fsp3) is 0.0455. The molecule has 0 unspecified atom stereocenters. The monoisotopic (exact) mass is 459 g/mol. The first-order valence-electron chi connectivity index (χ1n) is 8.99. The number of nitrogens with one attached hydrogen (secondary N) is 1. The minimum atomic E-state index is -4.61. The quantitative estimate of drug-likeness (QED) is 0.365. The molecule has 0 fully saturated rings. The van der Waals surface area contributed by atoms with Gasteiger partial charge in [-0.15, -0.1) is 10.2 Å². The average Bonchev–Trinajstić information content (AvgIpc) is 3.24. The van der Waals surface area contributed by atoms with Crippen LogP contribution < -0.4 is 5.32 Å². The number of rotatable bonds is 4. The predicted molar refractivity (Wildman–Crippen MR) is 115 cm³/mol. The van der Waals surface area contributed by atoms with Crippen LogP contribution in [0.15, 0.2) is 72.8 Å². The van der Waals surface area contributed by atoms with Crippen molar-refractivity contribution in [3.63, 3.8) is 0 Å². The predicted octanol–water partition coefficient (Wildman–Crippen LogP) is 6.80. The number of nitrogens with zero attached hydrogens (tertiary/aromatic N) is 2. The van der Waals surface area contributed by atoms with E-state index in [4.69, 9.17) is 11.6 Å². The number of carbonyl (C=O) groups excluding carboxylic acids is 1. The van der Waals surface area contributed by atoms with Crippen LogP contribution in [0.1, 0.15) is 15.4 Å². The molecular weight excluding hydrogens is 447 g/mol. The summed E-state index contributed by atoms with van der Waals surface area (Å²) < 4.78 is 38.0. The van der Waals surface area contributed by atoms with Crippen molar-refractivity contribution >= 4 is 34.0 Å². The lowest BCUT2D eigenvalue weighted by atomic mass is 9.99. The molecule has 1 amide bonds. The van der Waals surface area contributed by atoms with E-state index in [0.717, 1.165) is 16.7 Å². The highest BCUT2D eigenvalue weighted by molar-refractivity contribution is 7.15. The summed E-state index contributed by atoms with van der Waals surface area (Å²) in [6.07, 6.45) is -4.61. The molecule has 4 aromatic rings. The van der Waals surface area contributed by atoms with E-state index < -0.39 is 17.1 Å². The molecule has 1 aromatic heterocycles. The van der Waals surface area contributed by atoms with Crippen molar-refractivity contribution in [2.24, 2.45) is 0 Å². The number of halogens is 4. The summed E-state index contributed by atoms with van der Waals surface area (Å²) in [6.45, 7) is 0. The molecule has 0 atom stereocenters. The van der Waals surface area contributed by atoms with Crippen molar-refractivity contribution < 1.29 is 18.0 Å². The van der Waals surface area contributed by atoms with Crippen molar-refractivity contribution in [2.75, 3.05) is 5.32 Å². The van der Waals surface area contributed by atoms with E-state index in [1.807, 2.05) is 54.6 Å². The van der Waals surface area contributed by atoms with Gasteiger partial charge in [0.05, 0.1) is 0 Å². The second kappa shape index (κ2) is 8.49. The Kier molecular flexibility index (Phi) is 5.75. The Morgan fingerprint density at radius 1 is 0.871 bits per heavy atom. The van der Waals surface area contributed by atoms with E-state index in [2.05, 4.69) is 15.5 Å². The summed E-state index contributed by atoms with van der Waals surface area (Å²) in [5.74, 6) is -0.608. The number of hydrogen-bond donors (Lipinski definition) is 1. The molecule has 0 radical (unpaired) electrons. The molecule has 4 nitrogen and oxygen atoms in total. The zero-order valence-corrected chi connectivity index (χ0v) is 17.2. The zero-order chi connectivity index (χ0) is 22.0. The minimum absolute atomic E-state index is 0.232. The third-order valence-electron chi connectivity index (χ3n) is 4.42. The number of amides is 1. The van der Waals surface area contributed by atoms with Crippen LogP contribution in [0.25, 0.3) is 22.3 Å². The molecule has 0 aliphatic carbocycles. The van der Waals surface area contributed by atoms with Gasteiger partial charge in [0.1, 0.15) is 0 Å². The standard InChI is InChI=1S/C22H13ClF3N3OS/c23-18-11-10-16(19(30)27-21-29-28-20(31-21)22(24,25)26)12-17(18)15-8-6-14(7-9-15)13-4-2-1-3-5-13/h1-12H,(H,27,29,30). The first kappa shape index (κ1) is 21.0. The van der Waals surface area contributed by atoms with Gasteiger partial charge in [0.2, 0.25) is 10.1 Å². The maximum atomic E-state index is 12.7. The number of carbonyl (C=O) groups is 1. The molecule has 0 aliphatic rings. The van der Waals surface area contributed by atoms with Gasteiger partial charge in [0, 0.05) is 16.1 Å². The molecule has 31 heavy (non-hydrogen) atoms. The molecule has 9 heteroatoms. The van der Waals surface area contributed by atoms with Crippen molar-refractivity contribution in [3.05, 3.63) is 88.4 Å².